The van der Waals surface area contributed by atoms with Crippen molar-refractivity contribution in [1.29, 1.82) is 0 Å². The molecule has 2 atom stereocenters. The Hall–Kier alpha value is -2.42. The van der Waals surface area contributed by atoms with E-state index >= 15 is 0 Å². The van der Waals surface area contributed by atoms with Crippen molar-refractivity contribution in [2.24, 2.45) is 0 Å². The van der Waals surface area contributed by atoms with Crippen LogP contribution in [0.25, 0.3) is 0 Å². The van der Waals surface area contributed by atoms with Crippen molar-refractivity contribution in [1.82, 2.24) is 0 Å². The van der Waals surface area contributed by atoms with Crippen molar-refractivity contribution in [3.05, 3.63) is 71.8 Å². The smallest absolute Gasteiger partial charge is 0.321 e. The molecule has 39 heavy (non-hydrogen) atoms. The van der Waals surface area contributed by atoms with Crippen LogP contribution in [-0.4, -0.2) is 11.9 Å². The van der Waals surface area contributed by atoms with E-state index in [2.05, 4.69) is 13.8 Å². The zero-order valence-corrected chi connectivity index (χ0v) is 24.9. The summed E-state index contributed by atoms with van der Waals surface area (Å²) in [6.45, 7) is 4.48. The molecule has 3 nitrogen and oxygen atoms in total. The molecule has 0 spiro atoms. The lowest BCUT2D eigenvalue weighted by Gasteiger charge is -2.19. The van der Waals surface area contributed by atoms with Crippen molar-refractivity contribution < 1.29 is 14.3 Å². The van der Waals surface area contributed by atoms with Crippen molar-refractivity contribution in [3.63, 3.8) is 0 Å². The van der Waals surface area contributed by atoms with Gasteiger partial charge in [0.1, 0.15) is 0 Å². The molecule has 2 rings (SSSR count). The van der Waals surface area contributed by atoms with Gasteiger partial charge in [-0.05, 0) is 24.0 Å². The highest BCUT2D eigenvalue weighted by Crippen LogP contribution is 2.28. The second-order valence-electron chi connectivity index (χ2n) is 11.2. The van der Waals surface area contributed by atoms with E-state index in [1.165, 1.54) is 77.0 Å². The quantitative estimate of drug-likeness (QED) is 0.0857. The fraction of sp³-hybridized carbons (Fsp3) is 0.611. The Labute approximate surface area is 239 Å². The monoisotopic (exact) mass is 534 g/mol. The topological polar surface area (TPSA) is 43.4 Å². The third-order valence-electron chi connectivity index (χ3n) is 7.87. The fourth-order valence-electron chi connectivity index (χ4n) is 5.42. The molecule has 0 aliphatic carbocycles. The Kier molecular flexibility index (Phi) is 18.0. The molecule has 0 amide bonds. The Morgan fingerprint density at radius 3 is 1.13 bits per heavy atom. The highest BCUT2D eigenvalue weighted by molar-refractivity contribution is 5.92. The minimum Gasteiger partial charge on any atom is -0.392 e. The number of benzene rings is 2. The van der Waals surface area contributed by atoms with Gasteiger partial charge in [0.25, 0.3) is 0 Å². The standard InChI is InChI=1S/C36H54O3/c1-3-5-7-9-11-13-15-23-29-33(31-25-19-17-20-26-31)35(37)39-36(38)34(32-27-21-18-22-28-32)30-24-16-14-12-10-8-6-4-2/h17-22,25-28,33-34H,3-16,23-24,29-30H2,1-2H3. The lowest BCUT2D eigenvalue weighted by Crippen LogP contribution is -2.24. The van der Waals surface area contributed by atoms with Gasteiger partial charge in [0.2, 0.25) is 0 Å². The summed E-state index contributed by atoms with van der Waals surface area (Å²) in [7, 11) is 0. The van der Waals surface area contributed by atoms with Crippen molar-refractivity contribution in [3.8, 4) is 0 Å². The predicted octanol–water partition coefficient (Wildman–Crippen LogP) is 10.7. The number of hydrogen-bond acceptors (Lipinski definition) is 3. The molecule has 2 unspecified atom stereocenters. The molecule has 0 N–H and O–H groups in total. The van der Waals surface area contributed by atoms with Gasteiger partial charge in [-0.1, -0.05) is 177 Å². The van der Waals surface area contributed by atoms with Crippen molar-refractivity contribution in [2.45, 2.75) is 141 Å². The van der Waals surface area contributed by atoms with E-state index in [4.69, 9.17) is 4.74 Å². The molecule has 0 radical (unpaired) electrons. The molecule has 2 aromatic rings. The Bertz CT molecular complexity index is 803. The average Bonchev–Trinajstić information content (AvgIpc) is 2.96. The second-order valence-corrected chi connectivity index (χ2v) is 11.2. The van der Waals surface area contributed by atoms with Crippen molar-refractivity contribution >= 4 is 11.9 Å². The number of rotatable bonds is 22. The largest absolute Gasteiger partial charge is 0.392 e. The lowest BCUT2D eigenvalue weighted by molar-refractivity contribution is -0.162. The molecule has 0 bridgehead atoms. The molecule has 2 aromatic carbocycles. The van der Waals surface area contributed by atoms with Crippen LogP contribution in [-0.2, 0) is 14.3 Å². The number of ether oxygens (including phenoxy) is 1. The molecule has 216 valence electrons. The first-order valence-electron chi connectivity index (χ1n) is 16.0. The minimum absolute atomic E-state index is 0.394. The maximum Gasteiger partial charge on any atom is 0.321 e. The highest BCUT2D eigenvalue weighted by atomic mass is 16.6. The van der Waals surface area contributed by atoms with Gasteiger partial charge in [0, 0.05) is 0 Å². The molecule has 0 aromatic heterocycles. The second kappa shape index (κ2) is 21.4. The van der Waals surface area contributed by atoms with Gasteiger partial charge < -0.3 is 4.74 Å². The highest BCUT2D eigenvalue weighted by Gasteiger charge is 2.29. The van der Waals surface area contributed by atoms with Gasteiger partial charge in [0.05, 0.1) is 11.8 Å². The summed E-state index contributed by atoms with van der Waals surface area (Å²) in [6, 6.07) is 19.7. The van der Waals surface area contributed by atoms with Gasteiger partial charge >= 0.3 is 11.9 Å². The van der Waals surface area contributed by atoms with E-state index < -0.39 is 23.8 Å². The first kappa shape index (κ1) is 32.8. The third kappa shape index (κ3) is 14.0. The van der Waals surface area contributed by atoms with Crippen LogP contribution >= 0.6 is 0 Å². The SMILES string of the molecule is CCCCCCCCCCC(C(=O)OC(=O)C(CCCCCCCCCC)c1ccccc1)c1ccccc1. The van der Waals surface area contributed by atoms with E-state index in [-0.39, 0.29) is 0 Å². The molecule has 0 aliphatic heterocycles. The van der Waals surface area contributed by atoms with Crippen LogP contribution in [0.2, 0.25) is 0 Å². The van der Waals surface area contributed by atoms with Crippen LogP contribution < -0.4 is 0 Å². The summed E-state index contributed by atoms with van der Waals surface area (Å²) in [5.74, 6) is -1.58. The number of esters is 2. The summed E-state index contributed by atoms with van der Waals surface area (Å²) in [5.41, 5.74) is 1.88. The summed E-state index contributed by atoms with van der Waals surface area (Å²) in [6.07, 6.45) is 20.9. The van der Waals surface area contributed by atoms with Gasteiger partial charge in [0.15, 0.2) is 0 Å². The van der Waals surface area contributed by atoms with Gasteiger partial charge in [-0.25, -0.2) is 0 Å². The number of hydrogen-bond donors (Lipinski definition) is 0. The van der Waals surface area contributed by atoms with Crippen molar-refractivity contribution in [2.75, 3.05) is 0 Å². The summed E-state index contributed by atoms with van der Waals surface area (Å²) < 4.78 is 5.65. The van der Waals surface area contributed by atoms with Crippen LogP contribution in [0.3, 0.4) is 0 Å². The van der Waals surface area contributed by atoms with E-state index in [9.17, 15) is 9.59 Å². The number of carbonyl (C=O) groups is 2. The lowest BCUT2D eigenvalue weighted by atomic mass is 9.91. The molecular formula is C36H54O3. The fourth-order valence-corrected chi connectivity index (χ4v) is 5.42. The molecule has 0 saturated heterocycles. The normalized spacial score (nSPS) is 12.7. The van der Waals surface area contributed by atoms with Crippen LogP contribution in [0.4, 0.5) is 0 Å². The van der Waals surface area contributed by atoms with Gasteiger partial charge in [-0.3, -0.25) is 9.59 Å². The van der Waals surface area contributed by atoms with Crippen LogP contribution in [0.5, 0.6) is 0 Å². The van der Waals surface area contributed by atoms with Gasteiger partial charge in [-0.2, -0.15) is 0 Å². The molecule has 0 aliphatic rings. The Morgan fingerprint density at radius 2 is 0.795 bits per heavy atom. The Morgan fingerprint density at radius 1 is 0.487 bits per heavy atom. The van der Waals surface area contributed by atoms with Crippen LogP contribution in [0.15, 0.2) is 60.7 Å². The molecular weight excluding hydrogens is 480 g/mol. The number of carbonyl (C=O) groups excluding carboxylic acids is 2. The minimum atomic E-state index is -0.397. The van der Waals surface area contributed by atoms with E-state index in [0.717, 1.165) is 49.7 Å². The first-order chi connectivity index (χ1) is 19.2. The van der Waals surface area contributed by atoms with E-state index in [0.29, 0.717) is 0 Å². The Balaban J connectivity index is 1.93. The van der Waals surface area contributed by atoms with Gasteiger partial charge in [-0.15, -0.1) is 0 Å². The summed E-state index contributed by atoms with van der Waals surface area (Å²) >= 11 is 0. The third-order valence-corrected chi connectivity index (χ3v) is 7.87. The number of unbranched alkanes of at least 4 members (excludes halogenated alkanes) is 14. The summed E-state index contributed by atoms with van der Waals surface area (Å²) in [5, 5.41) is 0. The average molecular weight is 535 g/mol. The molecule has 0 heterocycles. The zero-order chi connectivity index (χ0) is 28.0. The maximum absolute atomic E-state index is 13.4. The predicted molar refractivity (Wildman–Crippen MR) is 164 cm³/mol. The van der Waals surface area contributed by atoms with Crippen LogP contribution in [0, 0.1) is 0 Å². The van der Waals surface area contributed by atoms with E-state index in [1.54, 1.807) is 0 Å². The molecule has 3 heteroatoms. The molecule has 0 fully saturated rings. The molecule has 0 saturated carbocycles. The zero-order valence-electron chi connectivity index (χ0n) is 24.9. The first-order valence-corrected chi connectivity index (χ1v) is 16.0. The van der Waals surface area contributed by atoms with E-state index in [1.807, 2.05) is 60.7 Å². The van der Waals surface area contributed by atoms with Crippen LogP contribution in [0.1, 0.15) is 152 Å². The summed E-state index contributed by atoms with van der Waals surface area (Å²) in [4.78, 5) is 26.8. The maximum atomic E-state index is 13.4.